The van der Waals surface area contributed by atoms with Crippen LogP contribution in [0.15, 0.2) is 53.4 Å². The number of nitrogens with one attached hydrogen (secondary N) is 2. The van der Waals surface area contributed by atoms with Crippen LogP contribution in [-0.4, -0.2) is 32.6 Å². The molecule has 0 aromatic heterocycles. The Balaban J connectivity index is 1.77. The second-order valence-electron chi connectivity index (χ2n) is 5.93. The van der Waals surface area contributed by atoms with Gasteiger partial charge in [0.25, 0.3) is 5.91 Å². The number of sulfone groups is 1. The third kappa shape index (κ3) is 7.23. The molecule has 30 heavy (non-hydrogen) atoms. The van der Waals surface area contributed by atoms with Gasteiger partial charge >= 0.3 is 6.18 Å². The van der Waals surface area contributed by atoms with Crippen molar-refractivity contribution in [2.24, 2.45) is 0 Å². The van der Waals surface area contributed by atoms with E-state index in [9.17, 15) is 31.2 Å². The van der Waals surface area contributed by atoms with Crippen LogP contribution in [0.4, 0.5) is 13.2 Å². The highest BCUT2D eigenvalue weighted by Gasteiger charge is 2.30. The Morgan fingerprint density at radius 1 is 1.00 bits per heavy atom. The molecular weight excluding hydrogens is 449 g/mol. The van der Waals surface area contributed by atoms with Crippen LogP contribution in [0.3, 0.4) is 0 Å². The van der Waals surface area contributed by atoms with Crippen molar-refractivity contribution in [3.05, 3.63) is 59.1 Å². The second-order valence-corrected chi connectivity index (χ2v) is 8.48. The molecule has 0 aliphatic rings. The number of amides is 2. The van der Waals surface area contributed by atoms with Crippen molar-refractivity contribution in [2.45, 2.75) is 17.5 Å². The van der Waals surface area contributed by atoms with Gasteiger partial charge in [-0.25, -0.2) is 8.42 Å². The van der Waals surface area contributed by atoms with Crippen molar-refractivity contribution in [1.82, 2.24) is 10.9 Å². The quantitative estimate of drug-likeness (QED) is 0.613. The van der Waals surface area contributed by atoms with E-state index in [-0.39, 0.29) is 10.6 Å². The summed E-state index contributed by atoms with van der Waals surface area (Å²) in [6.07, 6.45) is -4.98. The molecule has 0 unspecified atom stereocenters. The molecule has 0 atom stereocenters. The van der Waals surface area contributed by atoms with Gasteiger partial charge in [-0.1, -0.05) is 17.7 Å². The number of halogens is 4. The molecule has 0 saturated heterocycles. The average molecular weight is 465 g/mol. The minimum atomic E-state index is -4.55. The molecule has 2 aromatic carbocycles. The van der Waals surface area contributed by atoms with Crippen molar-refractivity contribution in [3.8, 4) is 5.75 Å². The summed E-state index contributed by atoms with van der Waals surface area (Å²) in [6, 6.07) is 9.36. The molecule has 0 aliphatic carbocycles. The van der Waals surface area contributed by atoms with Crippen LogP contribution in [0.5, 0.6) is 5.75 Å². The summed E-state index contributed by atoms with van der Waals surface area (Å²) >= 11 is 5.69. The summed E-state index contributed by atoms with van der Waals surface area (Å²) < 4.78 is 67.1. The van der Waals surface area contributed by atoms with Gasteiger partial charge < -0.3 is 4.74 Å². The number of benzene rings is 2. The smallest absolute Gasteiger partial charge is 0.416 e. The zero-order valence-electron chi connectivity index (χ0n) is 15.2. The summed E-state index contributed by atoms with van der Waals surface area (Å²) in [5.74, 6) is -2.31. The number of hydrazine groups is 1. The highest BCUT2D eigenvalue weighted by Crippen LogP contribution is 2.31. The minimum Gasteiger partial charge on any atom is -0.484 e. The SMILES string of the molecule is O=C(CCS(=O)(=O)c1ccc(Cl)cc1)NNC(=O)COc1cccc(C(F)(F)F)c1. The topological polar surface area (TPSA) is 102 Å². The lowest BCUT2D eigenvalue weighted by Crippen LogP contribution is -2.44. The molecule has 0 bridgehead atoms. The monoisotopic (exact) mass is 464 g/mol. The van der Waals surface area contributed by atoms with Gasteiger partial charge in [-0.3, -0.25) is 20.4 Å². The van der Waals surface area contributed by atoms with Crippen LogP contribution in [-0.2, 0) is 25.6 Å². The molecular formula is C18H16ClF3N2O5S. The predicted molar refractivity (Wildman–Crippen MR) is 101 cm³/mol. The summed E-state index contributed by atoms with van der Waals surface area (Å²) in [5, 5.41) is 0.363. The van der Waals surface area contributed by atoms with Gasteiger partial charge in [0.1, 0.15) is 5.75 Å². The maximum atomic E-state index is 12.6. The predicted octanol–water partition coefficient (Wildman–Crippen LogP) is 2.75. The van der Waals surface area contributed by atoms with E-state index in [4.69, 9.17) is 16.3 Å². The Bertz CT molecular complexity index is 1010. The molecule has 2 rings (SSSR count). The normalized spacial score (nSPS) is 11.6. The third-order valence-corrected chi connectivity index (χ3v) is 5.63. The largest absolute Gasteiger partial charge is 0.484 e. The van der Waals surface area contributed by atoms with Crippen LogP contribution in [0, 0.1) is 0 Å². The number of hydrogen-bond donors (Lipinski definition) is 2. The van der Waals surface area contributed by atoms with Crippen LogP contribution >= 0.6 is 11.6 Å². The first-order valence-electron chi connectivity index (χ1n) is 8.33. The van der Waals surface area contributed by atoms with Crippen LogP contribution in [0.1, 0.15) is 12.0 Å². The van der Waals surface area contributed by atoms with E-state index in [1.54, 1.807) is 0 Å². The molecule has 0 fully saturated rings. The minimum absolute atomic E-state index is 0.00165. The van der Waals surface area contributed by atoms with Gasteiger partial charge in [-0.15, -0.1) is 0 Å². The number of carbonyl (C=O) groups excluding carboxylic acids is 2. The Kier molecular flexibility index (Phi) is 7.68. The molecule has 2 N–H and O–H groups in total. The van der Waals surface area contributed by atoms with E-state index in [1.807, 2.05) is 10.9 Å². The summed E-state index contributed by atoms with van der Waals surface area (Å²) in [6.45, 7) is -0.662. The highest BCUT2D eigenvalue weighted by atomic mass is 35.5. The standard InChI is InChI=1S/C18H16ClF3N2O5S/c19-13-4-6-15(7-5-13)30(27,28)9-8-16(25)23-24-17(26)11-29-14-3-1-2-12(10-14)18(20,21)22/h1-7,10H,8-9,11H2,(H,23,25)(H,24,26). The second kappa shape index (κ2) is 9.81. The Labute approximate surface area is 175 Å². The lowest BCUT2D eigenvalue weighted by Gasteiger charge is -2.11. The van der Waals surface area contributed by atoms with E-state index in [0.717, 1.165) is 18.2 Å². The first-order chi connectivity index (χ1) is 14.0. The van der Waals surface area contributed by atoms with E-state index in [1.165, 1.54) is 30.3 Å². The van der Waals surface area contributed by atoms with Crippen molar-refractivity contribution >= 4 is 33.3 Å². The summed E-state index contributed by atoms with van der Waals surface area (Å²) in [4.78, 5) is 23.4. The Morgan fingerprint density at radius 2 is 1.63 bits per heavy atom. The molecule has 7 nitrogen and oxygen atoms in total. The van der Waals surface area contributed by atoms with Crippen molar-refractivity contribution < 1.29 is 35.9 Å². The van der Waals surface area contributed by atoms with Gasteiger partial charge in [0.05, 0.1) is 16.2 Å². The van der Waals surface area contributed by atoms with E-state index in [0.29, 0.717) is 5.02 Å². The lowest BCUT2D eigenvalue weighted by atomic mass is 10.2. The molecule has 0 radical (unpaired) electrons. The zero-order valence-corrected chi connectivity index (χ0v) is 16.8. The fourth-order valence-electron chi connectivity index (χ4n) is 2.14. The molecule has 162 valence electrons. The first kappa shape index (κ1) is 23.5. The average Bonchev–Trinajstić information content (AvgIpc) is 2.69. The number of ether oxygens (including phenoxy) is 1. The fourth-order valence-corrected chi connectivity index (χ4v) is 3.50. The maximum Gasteiger partial charge on any atom is 0.416 e. The highest BCUT2D eigenvalue weighted by molar-refractivity contribution is 7.91. The van der Waals surface area contributed by atoms with Crippen molar-refractivity contribution in [1.29, 1.82) is 0 Å². The summed E-state index contributed by atoms with van der Waals surface area (Å²) in [7, 11) is -3.72. The van der Waals surface area contributed by atoms with Crippen LogP contribution in [0.2, 0.25) is 5.02 Å². The molecule has 0 saturated carbocycles. The van der Waals surface area contributed by atoms with Gasteiger partial charge in [-0.05, 0) is 42.5 Å². The molecule has 2 aromatic rings. The molecule has 0 heterocycles. The number of alkyl halides is 3. The van der Waals surface area contributed by atoms with Crippen molar-refractivity contribution in [2.75, 3.05) is 12.4 Å². The number of rotatable bonds is 7. The maximum absolute atomic E-state index is 12.6. The lowest BCUT2D eigenvalue weighted by molar-refractivity contribution is -0.137. The van der Waals surface area contributed by atoms with E-state index >= 15 is 0 Å². The Morgan fingerprint density at radius 3 is 2.27 bits per heavy atom. The number of carbonyl (C=O) groups is 2. The van der Waals surface area contributed by atoms with Crippen LogP contribution < -0.4 is 15.6 Å². The van der Waals surface area contributed by atoms with Gasteiger partial charge in [-0.2, -0.15) is 13.2 Å². The van der Waals surface area contributed by atoms with Gasteiger partial charge in [0.15, 0.2) is 16.4 Å². The van der Waals surface area contributed by atoms with Gasteiger partial charge in [0, 0.05) is 11.4 Å². The third-order valence-electron chi connectivity index (χ3n) is 3.64. The fraction of sp³-hybridized carbons (Fsp3) is 0.222. The number of hydrogen-bond acceptors (Lipinski definition) is 5. The van der Waals surface area contributed by atoms with Crippen LogP contribution in [0.25, 0.3) is 0 Å². The van der Waals surface area contributed by atoms with E-state index in [2.05, 4.69) is 0 Å². The molecule has 2 amide bonds. The van der Waals surface area contributed by atoms with Crippen molar-refractivity contribution in [3.63, 3.8) is 0 Å². The first-order valence-corrected chi connectivity index (χ1v) is 10.4. The Hall–Kier alpha value is -2.79. The zero-order chi connectivity index (χ0) is 22.4. The van der Waals surface area contributed by atoms with E-state index < -0.39 is 52.2 Å². The molecule has 0 aliphatic heterocycles. The molecule has 12 heteroatoms. The molecule has 0 spiro atoms. The summed E-state index contributed by atoms with van der Waals surface area (Å²) in [5.41, 5.74) is 3.05. The van der Waals surface area contributed by atoms with Gasteiger partial charge in [0.2, 0.25) is 5.91 Å².